The highest BCUT2D eigenvalue weighted by atomic mass is 16.3. The van der Waals surface area contributed by atoms with Gasteiger partial charge in [0.05, 0.1) is 6.10 Å². The molecule has 0 spiro atoms. The first-order chi connectivity index (χ1) is 23.0. The highest BCUT2D eigenvalue weighted by molar-refractivity contribution is 5.98. The maximum absolute atomic E-state index is 14.0. The third kappa shape index (κ3) is 11.1. The van der Waals surface area contributed by atoms with Gasteiger partial charge in [0.1, 0.15) is 42.3 Å². The number of likely N-dealkylation sites (N-methyl/N-ethyl adjacent to an activating group) is 4. The van der Waals surface area contributed by atoms with Crippen molar-refractivity contribution in [2.75, 3.05) is 28.2 Å². The SMILES string of the molecule is CC[C@H](C)[C@H]1NC(=O)[C@@H]([C@H](C)O)NC(=O)[C@@H](C)N(C)C(=O)[C@H](C)N(C)C(=O)[C@H](CC(C)C)NC(=O)[C@H](CC(C)C)N(C)C(=O)[C@H](C)N(C)C1=O. The number of hydrogen-bond acceptors (Lipinski definition) is 8. The van der Waals surface area contributed by atoms with Crippen molar-refractivity contribution in [2.24, 2.45) is 17.8 Å². The van der Waals surface area contributed by atoms with Crippen LogP contribution in [0.5, 0.6) is 0 Å². The number of aliphatic hydroxyl groups excluding tert-OH is 1. The van der Waals surface area contributed by atoms with Crippen molar-refractivity contribution < 1.29 is 38.7 Å². The van der Waals surface area contributed by atoms with E-state index in [-0.39, 0.29) is 24.7 Å². The van der Waals surface area contributed by atoms with Gasteiger partial charge in [-0.1, -0.05) is 48.0 Å². The molecule has 1 fully saturated rings. The van der Waals surface area contributed by atoms with Gasteiger partial charge in [0.2, 0.25) is 41.4 Å². The Morgan fingerprint density at radius 2 is 1.00 bits per heavy atom. The van der Waals surface area contributed by atoms with Crippen LogP contribution in [0.4, 0.5) is 0 Å². The lowest BCUT2D eigenvalue weighted by Crippen LogP contribution is -2.62. The average Bonchev–Trinajstić information content (AvgIpc) is 3.06. The van der Waals surface area contributed by atoms with Gasteiger partial charge in [0.25, 0.3) is 0 Å². The lowest BCUT2D eigenvalue weighted by atomic mass is 9.96. The zero-order valence-electron chi connectivity index (χ0n) is 32.6. The molecule has 0 bridgehead atoms. The van der Waals surface area contributed by atoms with Gasteiger partial charge in [-0.2, -0.15) is 0 Å². The molecule has 1 aliphatic rings. The molecular weight excluding hydrogens is 646 g/mol. The standard InChI is InChI=1S/C35H63N7O8/c1-15-20(6)27-35(50)41(13)23(9)33(48)42(14)26(17-19(4)5)30(45)36-25(16-18(2)3)34(49)40(12)22(8)32(47)39(11)21(7)29(44)38-28(24(10)43)31(46)37-27/h18-28,43H,15-17H2,1-14H3,(H,36,45)(H,37,46)(H,38,44)/t20-,21+,22-,23-,24-,25-,26-,27+,28+/m0/s1. The molecule has 1 heterocycles. The van der Waals surface area contributed by atoms with Crippen LogP contribution in [-0.4, -0.2) is 143 Å². The fourth-order valence-corrected chi connectivity index (χ4v) is 5.74. The van der Waals surface area contributed by atoms with Crippen molar-refractivity contribution in [1.29, 1.82) is 0 Å². The van der Waals surface area contributed by atoms with Crippen LogP contribution in [0.3, 0.4) is 0 Å². The van der Waals surface area contributed by atoms with Crippen LogP contribution in [0.25, 0.3) is 0 Å². The summed E-state index contributed by atoms with van der Waals surface area (Å²) in [5, 5.41) is 18.6. The number of amides is 7. The number of hydrogen-bond donors (Lipinski definition) is 4. The maximum atomic E-state index is 14.0. The minimum absolute atomic E-state index is 0.0228. The Kier molecular flexibility index (Phi) is 16.8. The summed E-state index contributed by atoms with van der Waals surface area (Å²) in [5.74, 6) is -4.79. The van der Waals surface area contributed by atoms with Crippen molar-refractivity contribution in [3.63, 3.8) is 0 Å². The first kappa shape index (κ1) is 44.3. The fourth-order valence-electron chi connectivity index (χ4n) is 5.74. The van der Waals surface area contributed by atoms with Crippen LogP contribution in [0.1, 0.15) is 88.5 Å². The molecule has 286 valence electrons. The first-order valence-corrected chi connectivity index (χ1v) is 17.7. The van der Waals surface area contributed by atoms with Gasteiger partial charge in [-0.15, -0.1) is 0 Å². The van der Waals surface area contributed by atoms with Crippen LogP contribution < -0.4 is 16.0 Å². The second-order valence-corrected chi connectivity index (χ2v) is 14.8. The monoisotopic (exact) mass is 709 g/mol. The minimum atomic E-state index is -1.48. The van der Waals surface area contributed by atoms with Gasteiger partial charge in [0.15, 0.2) is 0 Å². The molecule has 0 aliphatic carbocycles. The van der Waals surface area contributed by atoms with E-state index in [4.69, 9.17) is 0 Å². The first-order valence-electron chi connectivity index (χ1n) is 17.7. The van der Waals surface area contributed by atoms with Gasteiger partial charge < -0.3 is 40.7 Å². The molecule has 4 N–H and O–H groups in total. The van der Waals surface area contributed by atoms with E-state index in [1.165, 1.54) is 70.6 Å². The summed E-state index contributed by atoms with van der Waals surface area (Å²) in [4.78, 5) is 101. The smallest absolute Gasteiger partial charge is 0.245 e. The molecular formula is C35H63N7O8. The molecule has 9 atom stereocenters. The second kappa shape index (κ2) is 19.0. The molecule has 50 heavy (non-hydrogen) atoms. The highest BCUT2D eigenvalue weighted by Gasteiger charge is 2.40. The summed E-state index contributed by atoms with van der Waals surface area (Å²) in [6.45, 7) is 17.0. The normalized spacial score (nSPS) is 29.1. The van der Waals surface area contributed by atoms with Gasteiger partial charge in [-0.25, -0.2) is 0 Å². The van der Waals surface area contributed by atoms with Crippen molar-refractivity contribution in [3.05, 3.63) is 0 Å². The molecule has 1 aliphatic heterocycles. The van der Waals surface area contributed by atoms with E-state index >= 15 is 0 Å². The number of rotatable bonds is 7. The van der Waals surface area contributed by atoms with E-state index in [2.05, 4.69) is 16.0 Å². The maximum Gasteiger partial charge on any atom is 0.245 e. The molecule has 0 radical (unpaired) electrons. The van der Waals surface area contributed by atoms with E-state index in [1.807, 2.05) is 34.6 Å². The number of nitrogens with one attached hydrogen (secondary N) is 3. The lowest BCUT2D eigenvalue weighted by molar-refractivity contribution is -0.150. The molecule has 1 saturated heterocycles. The fraction of sp³-hybridized carbons (Fsp3) is 0.800. The van der Waals surface area contributed by atoms with E-state index in [0.717, 1.165) is 4.90 Å². The van der Waals surface area contributed by atoms with E-state index in [0.29, 0.717) is 6.42 Å². The molecule has 0 aromatic heterocycles. The molecule has 0 aromatic carbocycles. The summed E-state index contributed by atoms with van der Waals surface area (Å²) in [7, 11) is 5.74. The largest absolute Gasteiger partial charge is 0.391 e. The average molecular weight is 710 g/mol. The lowest BCUT2D eigenvalue weighted by Gasteiger charge is -2.36. The molecule has 0 aromatic rings. The molecule has 1 rings (SSSR count). The number of nitrogens with zero attached hydrogens (tertiary/aromatic N) is 4. The van der Waals surface area contributed by atoms with Crippen LogP contribution >= 0.6 is 0 Å². The Balaban J connectivity index is 3.86. The van der Waals surface area contributed by atoms with Crippen molar-refractivity contribution >= 4 is 41.4 Å². The quantitative estimate of drug-likeness (QED) is 0.291. The van der Waals surface area contributed by atoms with Gasteiger partial charge in [-0.3, -0.25) is 33.6 Å². The zero-order valence-corrected chi connectivity index (χ0v) is 32.6. The van der Waals surface area contributed by atoms with Crippen molar-refractivity contribution in [2.45, 2.75) is 137 Å². The van der Waals surface area contributed by atoms with Crippen molar-refractivity contribution in [1.82, 2.24) is 35.6 Å². The minimum Gasteiger partial charge on any atom is -0.391 e. The van der Waals surface area contributed by atoms with Gasteiger partial charge in [-0.05, 0) is 58.3 Å². The molecule has 0 saturated carbocycles. The molecule has 15 heteroatoms. The Morgan fingerprint density at radius 1 is 0.560 bits per heavy atom. The number of aliphatic hydroxyl groups is 1. The molecule has 7 amide bonds. The van der Waals surface area contributed by atoms with E-state index in [9.17, 15) is 38.7 Å². The van der Waals surface area contributed by atoms with Crippen molar-refractivity contribution in [3.8, 4) is 0 Å². The number of carbonyl (C=O) groups is 7. The topological polar surface area (TPSA) is 189 Å². The summed E-state index contributed by atoms with van der Waals surface area (Å²) in [6.07, 6.45) is -0.385. The Morgan fingerprint density at radius 3 is 1.46 bits per heavy atom. The Hall–Kier alpha value is -3.75. The summed E-state index contributed by atoms with van der Waals surface area (Å²) in [5.41, 5.74) is 0. The predicted octanol–water partition coefficient (Wildman–Crippen LogP) is 0.341. The van der Waals surface area contributed by atoms with E-state index in [1.54, 1.807) is 6.92 Å². The predicted molar refractivity (Wildman–Crippen MR) is 189 cm³/mol. The Labute approximate surface area is 298 Å². The van der Waals surface area contributed by atoms with Crippen LogP contribution in [-0.2, 0) is 33.6 Å². The third-order valence-corrected chi connectivity index (χ3v) is 9.85. The van der Waals surface area contributed by atoms with Crippen LogP contribution in [0, 0.1) is 17.8 Å². The Bertz CT molecular complexity index is 1240. The van der Waals surface area contributed by atoms with Crippen LogP contribution in [0.2, 0.25) is 0 Å². The second-order valence-electron chi connectivity index (χ2n) is 14.8. The molecule has 0 unspecified atom stereocenters. The summed E-state index contributed by atoms with van der Waals surface area (Å²) >= 11 is 0. The highest BCUT2D eigenvalue weighted by Crippen LogP contribution is 2.19. The zero-order chi connectivity index (χ0) is 38.9. The van der Waals surface area contributed by atoms with E-state index < -0.39 is 95.7 Å². The van der Waals surface area contributed by atoms with Crippen LogP contribution in [0.15, 0.2) is 0 Å². The third-order valence-electron chi connectivity index (χ3n) is 9.85. The summed E-state index contributed by atoms with van der Waals surface area (Å²) < 4.78 is 0. The number of carbonyl (C=O) groups excluding carboxylic acids is 7. The van der Waals surface area contributed by atoms with Gasteiger partial charge in [0, 0.05) is 28.2 Å². The molecule has 15 nitrogen and oxygen atoms in total. The van der Waals surface area contributed by atoms with Gasteiger partial charge >= 0.3 is 0 Å². The summed E-state index contributed by atoms with van der Waals surface area (Å²) in [6, 6.07) is -7.85.